The van der Waals surface area contributed by atoms with Crippen LogP contribution in [0.1, 0.15) is 33.6 Å². The van der Waals surface area contributed by atoms with E-state index in [-0.39, 0.29) is 0 Å². The molecule has 0 saturated heterocycles. The van der Waals surface area contributed by atoms with Gasteiger partial charge < -0.3 is 10.4 Å². The highest BCUT2D eigenvalue weighted by atomic mass is 32.2. The second kappa shape index (κ2) is 5.55. The zero-order chi connectivity index (χ0) is 11.5. The summed E-state index contributed by atoms with van der Waals surface area (Å²) in [5.41, 5.74) is 0.425. The number of aliphatic hydroxyl groups excluding tert-OH is 1. The van der Waals surface area contributed by atoms with Crippen LogP contribution >= 0.6 is 11.8 Å². The zero-order valence-electron chi connectivity index (χ0n) is 10.4. The normalized spacial score (nSPS) is 31.8. The number of nitrogens with one attached hydrogen (secondary N) is 1. The molecule has 0 aromatic rings. The van der Waals surface area contributed by atoms with Crippen molar-refractivity contribution in [2.75, 3.05) is 19.4 Å². The first kappa shape index (κ1) is 13.3. The van der Waals surface area contributed by atoms with Crippen molar-refractivity contribution in [3.8, 4) is 0 Å². The minimum absolute atomic E-state index is 0.313. The van der Waals surface area contributed by atoms with E-state index in [0.717, 1.165) is 11.0 Å². The molecule has 15 heavy (non-hydrogen) atoms. The highest BCUT2D eigenvalue weighted by molar-refractivity contribution is 8.00. The summed E-state index contributed by atoms with van der Waals surface area (Å²) in [4.78, 5) is 0. The molecule has 90 valence electrons. The van der Waals surface area contributed by atoms with E-state index < -0.39 is 0 Å². The SMILES string of the molecule is CNC1C(SCC(C)CO)CCC1(C)C. The van der Waals surface area contributed by atoms with Gasteiger partial charge in [-0.05, 0) is 37.0 Å². The molecule has 3 unspecified atom stereocenters. The van der Waals surface area contributed by atoms with E-state index in [9.17, 15) is 0 Å². The summed E-state index contributed by atoms with van der Waals surface area (Å²) in [5, 5.41) is 13.2. The number of hydrogen-bond donors (Lipinski definition) is 2. The van der Waals surface area contributed by atoms with Crippen LogP contribution < -0.4 is 5.32 Å². The van der Waals surface area contributed by atoms with Crippen molar-refractivity contribution < 1.29 is 5.11 Å². The van der Waals surface area contributed by atoms with Gasteiger partial charge in [0.1, 0.15) is 0 Å². The van der Waals surface area contributed by atoms with E-state index in [4.69, 9.17) is 5.11 Å². The van der Waals surface area contributed by atoms with Gasteiger partial charge in [0.25, 0.3) is 0 Å². The predicted octanol–water partition coefficient (Wildman–Crippen LogP) is 2.12. The van der Waals surface area contributed by atoms with Crippen LogP contribution in [-0.4, -0.2) is 35.8 Å². The second-order valence-corrected chi connectivity index (χ2v) is 6.73. The Hall–Kier alpha value is 0.270. The van der Waals surface area contributed by atoms with E-state index in [1.54, 1.807) is 0 Å². The smallest absolute Gasteiger partial charge is 0.0464 e. The predicted molar refractivity (Wildman–Crippen MR) is 68.4 cm³/mol. The van der Waals surface area contributed by atoms with Crippen molar-refractivity contribution in [3.63, 3.8) is 0 Å². The molecular formula is C12H25NOS. The van der Waals surface area contributed by atoms with Gasteiger partial charge >= 0.3 is 0 Å². The molecule has 0 aliphatic heterocycles. The Balaban J connectivity index is 2.42. The number of thioether (sulfide) groups is 1. The fourth-order valence-electron chi connectivity index (χ4n) is 2.44. The van der Waals surface area contributed by atoms with Crippen molar-refractivity contribution in [3.05, 3.63) is 0 Å². The monoisotopic (exact) mass is 231 g/mol. The van der Waals surface area contributed by atoms with Gasteiger partial charge in [-0.2, -0.15) is 11.8 Å². The number of rotatable bonds is 5. The van der Waals surface area contributed by atoms with E-state index in [1.807, 2.05) is 11.8 Å². The Kier molecular flexibility index (Phi) is 4.94. The molecular weight excluding hydrogens is 206 g/mol. The minimum atomic E-state index is 0.313. The molecule has 1 fully saturated rings. The van der Waals surface area contributed by atoms with Crippen LogP contribution in [0.25, 0.3) is 0 Å². The summed E-state index contributed by atoms with van der Waals surface area (Å²) in [7, 11) is 2.07. The minimum Gasteiger partial charge on any atom is -0.396 e. The van der Waals surface area contributed by atoms with Gasteiger partial charge in [-0.15, -0.1) is 0 Å². The first-order valence-corrected chi connectivity index (χ1v) is 6.96. The van der Waals surface area contributed by atoms with Crippen molar-refractivity contribution in [1.29, 1.82) is 0 Å². The van der Waals surface area contributed by atoms with Crippen molar-refractivity contribution >= 4 is 11.8 Å². The van der Waals surface area contributed by atoms with Crippen molar-refractivity contribution in [2.24, 2.45) is 11.3 Å². The molecule has 0 aromatic heterocycles. The summed E-state index contributed by atoms with van der Waals surface area (Å²) in [6, 6.07) is 0.619. The Labute approximate surface area is 98.2 Å². The van der Waals surface area contributed by atoms with Crippen LogP contribution in [0.4, 0.5) is 0 Å². The van der Waals surface area contributed by atoms with Gasteiger partial charge in [0, 0.05) is 17.9 Å². The number of hydrogen-bond acceptors (Lipinski definition) is 3. The zero-order valence-corrected chi connectivity index (χ0v) is 11.2. The van der Waals surface area contributed by atoms with Gasteiger partial charge in [-0.1, -0.05) is 20.8 Å². The summed E-state index contributed by atoms with van der Waals surface area (Å²) in [5.74, 6) is 1.51. The summed E-state index contributed by atoms with van der Waals surface area (Å²) < 4.78 is 0. The molecule has 3 atom stereocenters. The van der Waals surface area contributed by atoms with Crippen molar-refractivity contribution in [1.82, 2.24) is 5.32 Å². The van der Waals surface area contributed by atoms with Crippen LogP contribution in [0.3, 0.4) is 0 Å². The Bertz CT molecular complexity index is 196. The van der Waals surface area contributed by atoms with Crippen molar-refractivity contribution in [2.45, 2.75) is 44.9 Å². The third-order valence-corrected chi connectivity index (χ3v) is 5.20. The lowest BCUT2D eigenvalue weighted by Gasteiger charge is -2.30. The lowest BCUT2D eigenvalue weighted by Crippen LogP contribution is -2.41. The molecule has 2 N–H and O–H groups in total. The Morgan fingerprint density at radius 1 is 1.53 bits per heavy atom. The molecule has 2 nitrogen and oxygen atoms in total. The Morgan fingerprint density at radius 2 is 2.20 bits per heavy atom. The quantitative estimate of drug-likeness (QED) is 0.760. The van der Waals surface area contributed by atoms with E-state index in [0.29, 0.717) is 24.0 Å². The molecule has 0 spiro atoms. The fourth-order valence-corrected chi connectivity index (χ4v) is 4.10. The third kappa shape index (κ3) is 3.36. The fraction of sp³-hybridized carbons (Fsp3) is 1.00. The molecule has 0 heterocycles. The van der Waals surface area contributed by atoms with Gasteiger partial charge in [-0.3, -0.25) is 0 Å². The molecule has 1 aliphatic rings. The van der Waals surface area contributed by atoms with E-state index in [1.165, 1.54) is 12.8 Å². The first-order valence-electron chi connectivity index (χ1n) is 5.91. The third-order valence-electron chi connectivity index (χ3n) is 3.50. The Morgan fingerprint density at radius 3 is 2.73 bits per heavy atom. The van der Waals surface area contributed by atoms with Gasteiger partial charge in [-0.25, -0.2) is 0 Å². The molecule has 3 heteroatoms. The van der Waals surface area contributed by atoms with E-state index >= 15 is 0 Å². The van der Waals surface area contributed by atoms with Crippen LogP contribution in [0.15, 0.2) is 0 Å². The maximum atomic E-state index is 9.01. The molecule has 1 rings (SSSR count). The molecule has 1 aliphatic carbocycles. The lowest BCUT2D eigenvalue weighted by atomic mass is 9.87. The molecule has 0 bridgehead atoms. The van der Waals surface area contributed by atoms with Crippen LogP contribution in [-0.2, 0) is 0 Å². The molecule has 0 amide bonds. The van der Waals surface area contributed by atoms with Crippen LogP contribution in [0, 0.1) is 11.3 Å². The second-order valence-electron chi connectivity index (χ2n) is 5.45. The summed E-state index contributed by atoms with van der Waals surface area (Å²) in [6.07, 6.45) is 2.62. The van der Waals surface area contributed by atoms with Gasteiger partial charge in [0.2, 0.25) is 0 Å². The summed E-state index contributed by atoms with van der Waals surface area (Å²) >= 11 is 2.03. The van der Waals surface area contributed by atoms with Crippen LogP contribution in [0.2, 0.25) is 0 Å². The standard InChI is InChI=1S/C12H25NOS/c1-9(7-14)8-15-10-5-6-12(2,3)11(10)13-4/h9-11,13-14H,5-8H2,1-4H3. The lowest BCUT2D eigenvalue weighted by molar-refractivity contribution is 0.250. The highest BCUT2D eigenvalue weighted by Crippen LogP contribution is 2.43. The average Bonchev–Trinajstić information content (AvgIpc) is 2.49. The largest absolute Gasteiger partial charge is 0.396 e. The highest BCUT2D eigenvalue weighted by Gasteiger charge is 2.40. The topological polar surface area (TPSA) is 32.3 Å². The first-order chi connectivity index (χ1) is 7.01. The number of aliphatic hydroxyl groups is 1. The van der Waals surface area contributed by atoms with Gasteiger partial charge in [0.15, 0.2) is 0 Å². The van der Waals surface area contributed by atoms with Gasteiger partial charge in [0.05, 0.1) is 0 Å². The molecule has 0 radical (unpaired) electrons. The average molecular weight is 231 g/mol. The van der Waals surface area contributed by atoms with Crippen LogP contribution in [0.5, 0.6) is 0 Å². The summed E-state index contributed by atoms with van der Waals surface area (Å²) in [6.45, 7) is 7.13. The maximum absolute atomic E-state index is 9.01. The maximum Gasteiger partial charge on any atom is 0.0464 e. The van der Waals surface area contributed by atoms with E-state index in [2.05, 4.69) is 33.1 Å². The molecule has 0 aromatic carbocycles. The molecule has 1 saturated carbocycles.